The van der Waals surface area contributed by atoms with Crippen molar-refractivity contribution in [3.05, 3.63) is 65.2 Å². The number of carbonyl (C=O) groups is 2. The molecule has 0 aliphatic carbocycles. The molecular weight excluding hydrogens is 390 g/mol. The van der Waals surface area contributed by atoms with E-state index in [-0.39, 0.29) is 30.4 Å². The van der Waals surface area contributed by atoms with Gasteiger partial charge in [-0.25, -0.2) is 4.79 Å². The van der Waals surface area contributed by atoms with Gasteiger partial charge in [0.25, 0.3) is 0 Å². The van der Waals surface area contributed by atoms with Crippen LogP contribution in [0.3, 0.4) is 0 Å². The lowest BCUT2D eigenvalue weighted by atomic mass is 9.85. The molecule has 31 heavy (non-hydrogen) atoms. The number of rotatable bonds is 6. The van der Waals surface area contributed by atoms with E-state index in [1.54, 1.807) is 4.90 Å². The predicted molar refractivity (Wildman–Crippen MR) is 121 cm³/mol. The molecule has 2 aliphatic rings. The molecule has 1 fully saturated rings. The van der Waals surface area contributed by atoms with Crippen LogP contribution >= 0.6 is 0 Å². The summed E-state index contributed by atoms with van der Waals surface area (Å²) in [4.78, 5) is 29.3. The second-order valence-electron chi connectivity index (χ2n) is 8.31. The van der Waals surface area contributed by atoms with Crippen LogP contribution < -0.4 is 10.2 Å². The molecule has 164 valence electrons. The molecule has 0 aromatic heterocycles. The number of hydrogen-bond donors (Lipinski definition) is 1. The Bertz CT molecular complexity index is 931. The number of ether oxygens (including phenoxy) is 1. The highest BCUT2D eigenvalue weighted by atomic mass is 16.5. The van der Waals surface area contributed by atoms with Gasteiger partial charge in [-0.2, -0.15) is 0 Å². The number of carbonyl (C=O) groups excluding carboxylic acids is 2. The minimum Gasteiger partial charge on any atom is -0.469 e. The molecule has 0 radical (unpaired) electrons. The van der Waals surface area contributed by atoms with Crippen molar-refractivity contribution in [2.24, 2.45) is 0 Å². The van der Waals surface area contributed by atoms with Crippen molar-refractivity contribution in [2.75, 3.05) is 38.2 Å². The summed E-state index contributed by atoms with van der Waals surface area (Å²) in [5.41, 5.74) is 4.67. The van der Waals surface area contributed by atoms with Crippen LogP contribution in [0.1, 0.15) is 36.0 Å². The van der Waals surface area contributed by atoms with Gasteiger partial charge in [-0.1, -0.05) is 43.3 Å². The Kier molecular flexibility index (Phi) is 6.56. The number of benzene rings is 2. The maximum Gasteiger partial charge on any atom is 0.322 e. The summed E-state index contributed by atoms with van der Waals surface area (Å²) in [6, 6.07) is 16.0. The van der Waals surface area contributed by atoms with Gasteiger partial charge < -0.3 is 15.0 Å². The molecule has 2 atom stereocenters. The summed E-state index contributed by atoms with van der Waals surface area (Å²) < 4.78 is 5.02. The molecule has 0 bridgehead atoms. The standard InChI is InChI=1S/C25H31N3O3/c1-3-27-13-11-18-9-10-20(15-19(18)12-14-27)22(16-24(29)31-2)23-17-26-25(30)28(23)21-7-5-4-6-8-21/h4-10,15,22-23H,3,11-14,16-17H2,1-2H3,(H,26,30). The molecule has 0 spiro atoms. The van der Waals surface area contributed by atoms with Gasteiger partial charge >= 0.3 is 12.0 Å². The number of methoxy groups -OCH3 is 1. The number of amides is 2. The molecule has 4 rings (SSSR count). The Morgan fingerprint density at radius 2 is 1.87 bits per heavy atom. The highest BCUT2D eigenvalue weighted by molar-refractivity contribution is 5.95. The number of likely N-dealkylation sites (N-methyl/N-ethyl adjacent to an activating group) is 1. The van der Waals surface area contributed by atoms with Crippen LogP contribution in [0.2, 0.25) is 0 Å². The van der Waals surface area contributed by atoms with E-state index in [1.165, 1.54) is 18.2 Å². The van der Waals surface area contributed by atoms with E-state index in [0.717, 1.165) is 43.7 Å². The minimum atomic E-state index is -0.260. The molecule has 1 saturated heterocycles. The minimum absolute atomic E-state index is 0.126. The van der Waals surface area contributed by atoms with Crippen molar-refractivity contribution in [3.63, 3.8) is 0 Å². The third-order valence-corrected chi connectivity index (χ3v) is 6.63. The fourth-order valence-corrected chi connectivity index (χ4v) is 4.82. The molecule has 2 amide bonds. The molecule has 6 nitrogen and oxygen atoms in total. The van der Waals surface area contributed by atoms with Gasteiger partial charge in [-0.05, 0) is 48.2 Å². The van der Waals surface area contributed by atoms with Crippen LogP contribution in [0.4, 0.5) is 10.5 Å². The summed E-state index contributed by atoms with van der Waals surface area (Å²) in [5, 5.41) is 2.97. The van der Waals surface area contributed by atoms with Gasteiger partial charge in [0.05, 0.1) is 19.6 Å². The molecule has 2 unspecified atom stereocenters. The zero-order valence-electron chi connectivity index (χ0n) is 18.3. The number of hydrogen-bond acceptors (Lipinski definition) is 4. The van der Waals surface area contributed by atoms with Crippen LogP contribution in [0, 0.1) is 0 Å². The van der Waals surface area contributed by atoms with Gasteiger partial charge in [0.1, 0.15) is 0 Å². The molecule has 2 aromatic carbocycles. The number of nitrogens with zero attached hydrogens (tertiary/aromatic N) is 2. The lowest BCUT2D eigenvalue weighted by Gasteiger charge is -2.30. The molecule has 2 aliphatic heterocycles. The third kappa shape index (κ3) is 4.59. The first kappa shape index (κ1) is 21.4. The van der Waals surface area contributed by atoms with Crippen molar-refractivity contribution >= 4 is 17.7 Å². The van der Waals surface area contributed by atoms with Gasteiger partial charge in [0.15, 0.2) is 0 Å². The Hall–Kier alpha value is -2.86. The first-order chi connectivity index (χ1) is 15.1. The lowest BCUT2D eigenvalue weighted by Crippen LogP contribution is -2.39. The first-order valence-electron chi connectivity index (χ1n) is 11.1. The third-order valence-electron chi connectivity index (χ3n) is 6.63. The molecule has 2 heterocycles. The second-order valence-corrected chi connectivity index (χ2v) is 8.31. The molecule has 1 N–H and O–H groups in total. The zero-order chi connectivity index (χ0) is 21.8. The fourth-order valence-electron chi connectivity index (χ4n) is 4.82. The second kappa shape index (κ2) is 9.52. The number of urea groups is 1. The van der Waals surface area contributed by atoms with Crippen LogP contribution in [-0.4, -0.2) is 56.2 Å². The smallest absolute Gasteiger partial charge is 0.322 e. The van der Waals surface area contributed by atoms with E-state index < -0.39 is 0 Å². The van der Waals surface area contributed by atoms with E-state index in [9.17, 15) is 9.59 Å². The molecule has 0 saturated carbocycles. The Morgan fingerprint density at radius 1 is 1.13 bits per heavy atom. The Labute approximate surface area is 184 Å². The van der Waals surface area contributed by atoms with Gasteiger partial charge in [-0.3, -0.25) is 9.69 Å². The van der Waals surface area contributed by atoms with Gasteiger partial charge in [0.2, 0.25) is 0 Å². The van der Waals surface area contributed by atoms with E-state index in [4.69, 9.17) is 4.74 Å². The van der Waals surface area contributed by atoms with Crippen molar-refractivity contribution in [1.29, 1.82) is 0 Å². The summed E-state index contributed by atoms with van der Waals surface area (Å²) >= 11 is 0. The topological polar surface area (TPSA) is 61.9 Å². The Morgan fingerprint density at radius 3 is 2.58 bits per heavy atom. The zero-order valence-corrected chi connectivity index (χ0v) is 18.3. The van der Waals surface area contributed by atoms with Crippen molar-refractivity contribution in [1.82, 2.24) is 10.2 Å². The number of nitrogens with one attached hydrogen (secondary N) is 1. The summed E-state index contributed by atoms with van der Waals surface area (Å²) in [7, 11) is 1.42. The normalized spacial score (nSPS) is 20.0. The fraction of sp³-hybridized carbons (Fsp3) is 0.440. The van der Waals surface area contributed by atoms with Crippen LogP contribution in [0.15, 0.2) is 48.5 Å². The van der Waals surface area contributed by atoms with Crippen LogP contribution in [0.25, 0.3) is 0 Å². The summed E-state index contributed by atoms with van der Waals surface area (Å²) in [6.07, 6.45) is 2.29. The van der Waals surface area contributed by atoms with E-state index >= 15 is 0 Å². The Balaban J connectivity index is 1.68. The highest BCUT2D eigenvalue weighted by Gasteiger charge is 2.39. The number of anilines is 1. The largest absolute Gasteiger partial charge is 0.469 e. The summed E-state index contributed by atoms with van der Waals surface area (Å²) in [6.45, 7) is 5.89. The van der Waals surface area contributed by atoms with Crippen molar-refractivity contribution < 1.29 is 14.3 Å². The average Bonchev–Trinajstić information content (AvgIpc) is 3.06. The number of esters is 1. The predicted octanol–water partition coefficient (Wildman–Crippen LogP) is 3.35. The van der Waals surface area contributed by atoms with Crippen LogP contribution in [0.5, 0.6) is 0 Å². The van der Waals surface area contributed by atoms with Gasteiger partial charge in [-0.15, -0.1) is 0 Å². The van der Waals surface area contributed by atoms with Gasteiger partial charge in [0, 0.05) is 31.2 Å². The van der Waals surface area contributed by atoms with Crippen molar-refractivity contribution in [3.8, 4) is 0 Å². The first-order valence-corrected chi connectivity index (χ1v) is 11.1. The number of fused-ring (bicyclic) bond motifs is 1. The van der Waals surface area contributed by atoms with E-state index in [0.29, 0.717) is 6.54 Å². The molecular formula is C25H31N3O3. The van der Waals surface area contributed by atoms with E-state index in [1.807, 2.05) is 30.3 Å². The number of para-hydroxylation sites is 1. The molecule has 6 heteroatoms. The maximum atomic E-state index is 12.7. The van der Waals surface area contributed by atoms with E-state index in [2.05, 4.69) is 35.3 Å². The van der Waals surface area contributed by atoms with Crippen LogP contribution in [-0.2, 0) is 22.4 Å². The summed E-state index contributed by atoms with van der Waals surface area (Å²) in [5.74, 6) is -0.410. The van der Waals surface area contributed by atoms with Crippen molar-refractivity contribution in [2.45, 2.75) is 38.1 Å². The average molecular weight is 422 g/mol. The lowest BCUT2D eigenvalue weighted by molar-refractivity contribution is -0.141. The monoisotopic (exact) mass is 421 g/mol. The quantitative estimate of drug-likeness (QED) is 0.727. The maximum absolute atomic E-state index is 12.7. The SMILES string of the molecule is CCN1CCc2ccc(C(CC(=O)OC)C3CNC(=O)N3c3ccccc3)cc2CC1. The molecule has 2 aromatic rings. The highest BCUT2D eigenvalue weighted by Crippen LogP contribution is 2.34.